The van der Waals surface area contributed by atoms with Crippen molar-refractivity contribution in [2.45, 2.75) is 45.8 Å². The molecule has 2 aromatic rings. The second-order valence-electron chi connectivity index (χ2n) is 6.33. The zero-order valence-corrected chi connectivity index (χ0v) is 13.8. The fourth-order valence-electron chi connectivity index (χ4n) is 2.96. The Hall–Kier alpha value is -2.21. The van der Waals surface area contributed by atoms with Gasteiger partial charge >= 0.3 is 0 Å². The highest BCUT2D eigenvalue weighted by Crippen LogP contribution is 2.31. The number of aryl methyl sites for hydroxylation is 2. The number of hydrogen-bond acceptors (Lipinski definition) is 4. The number of rotatable bonds is 6. The molecule has 0 aliphatic heterocycles. The molecular formula is C17H22N4O2. The molecule has 3 rings (SSSR count). The molecule has 0 saturated heterocycles. The van der Waals surface area contributed by atoms with E-state index in [4.69, 9.17) is 0 Å². The predicted octanol–water partition coefficient (Wildman–Crippen LogP) is 3.11. The van der Waals surface area contributed by atoms with E-state index in [1.54, 1.807) is 12.1 Å². The Morgan fingerprint density at radius 3 is 2.39 bits per heavy atom. The third-order valence-corrected chi connectivity index (χ3v) is 4.62. The lowest BCUT2D eigenvalue weighted by molar-refractivity contribution is -0.384. The smallest absolute Gasteiger partial charge is 0.269 e. The van der Waals surface area contributed by atoms with E-state index in [2.05, 4.69) is 23.8 Å². The van der Waals surface area contributed by atoms with Gasteiger partial charge in [-0.05, 0) is 32.3 Å². The Balaban J connectivity index is 1.76. The first-order chi connectivity index (χ1) is 11.0. The van der Waals surface area contributed by atoms with Crippen LogP contribution in [0.5, 0.6) is 0 Å². The van der Waals surface area contributed by atoms with Gasteiger partial charge in [0.1, 0.15) is 0 Å². The first kappa shape index (κ1) is 15.7. The van der Waals surface area contributed by atoms with Gasteiger partial charge in [-0.2, -0.15) is 5.10 Å². The van der Waals surface area contributed by atoms with Gasteiger partial charge in [0.2, 0.25) is 0 Å². The summed E-state index contributed by atoms with van der Waals surface area (Å²) in [6, 6.07) is 7.50. The molecule has 0 amide bonds. The fourth-order valence-corrected chi connectivity index (χ4v) is 2.96. The van der Waals surface area contributed by atoms with Crippen LogP contribution in [0.1, 0.15) is 35.4 Å². The van der Waals surface area contributed by atoms with E-state index in [1.165, 1.54) is 24.1 Å². The number of nitrogens with zero attached hydrogens (tertiary/aromatic N) is 4. The van der Waals surface area contributed by atoms with E-state index in [1.807, 2.05) is 23.9 Å². The first-order valence-electron chi connectivity index (χ1n) is 7.92. The Morgan fingerprint density at radius 2 is 1.91 bits per heavy atom. The molecule has 23 heavy (non-hydrogen) atoms. The van der Waals surface area contributed by atoms with Crippen LogP contribution in [0.3, 0.4) is 0 Å². The summed E-state index contributed by atoms with van der Waals surface area (Å²) in [5.41, 5.74) is 4.84. The van der Waals surface area contributed by atoms with Crippen LogP contribution >= 0.6 is 0 Å². The molecule has 1 saturated carbocycles. The maximum atomic E-state index is 10.8. The van der Waals surface area contributed by atoms with Gasteiger partial charge in [-0.25, -0.2) is 0 Å². The normalized spacial score (nSPS) is 14.4. The lowest BCUT2D eigenvalue weighted by Crippen LogP contribution is -2.25. The van der Waals surface area contributed by atoms with Crippen molar-refractivity contribution < 1.29 is 4.92 Å². The van der Waals surface area contributed by atoms with Crippen molar-refractivity contribution in [1.29, 1.82) is 0 Å². The third-order valence-electron chi connectivity index (χ3n) is 4.62. The zero-order chi connectivity index (χ0) is 16.6. The van der Waals surface area contributed by atoms with Crippen LogP contribution in [0.25, 0.3) is 0 Å². The minimum Gasteiger partial charge on any atom is -0.292 e. The van der Waals surface area contributed by atoms with Crippen molar-refractivity contribution in [2.24, 2.45) is 7.05 Å². The SMILES string of the molecule is Cc1nn(C)c(C)c1CN(Cc1ccc([N+](=O)[O-])cc1)C1CC1. The Bertz CT molecular complexity index is 717. The van der Waals surface area contributed by atoms with Gasteiger partial charge in [0.05, 0.1) is 10.6 Å². The standard InChI is InChI=1S/C17H22N4O2/c1-12-17(13(2)19(3)18-12)11-20(15-8-9-15)10-14-4-6-16(7-5-14)21(22)23/h4-7,15H,8-11H2,1-3H3. The van der Waals surface area contributed by atoms with E-state index >= 15 is 0 Å². The number of non-ortho nitro benzene ring substituents is 1. The van der Waals surface area contributed by atoms with Crippen molar-refractivity contribution >= 4 is 5.69 Å². The van der Waals surface area contributed by atoms with Crippen molar-refractivity contribution in [3.63, 3.8) is 0 Å². The minimum absolute atomic E-state index is 0.144. The summed E-state index contributed by atoms with van der Waals surface area (Å²) >= 11 is 0. The fraction of sp³-hybridized carbons (Fsp3) is 0.471. The Kier molecular flexibility index (Phi) is 4.17. The molecule has 0 N–H and O–H groups in total. The molecule has 1 aliphatic carbocycles. The largest absolute Gasteiger partial charge is 0.292 e. The van der Waals surface area contributed by atoms with Crippen molar-refractivity contribution in [2.75, 3.05) is 0 Å². The van der Waals surface area contributed by atoms with Gasteiger partial charge in [0.15, 0.2) is 0 Å². The number of nitro benzene ring substituents is 1. The van der Waals surface area contributed by atoms with Crippen molar-refractivity contribution in [3.05, 3.63) is 56.9 Å². The van der Waals surface area contributed by atoms with Gasteiger partial charge in [-0.1, -0.05) is 12.1 Å². The molecule has 1 heterocycles. The summed E-state index contributed by atoms with van der Waals surface area (Å²) in [7, 11) is 1.98. The average Bonchev–Trinajstić information content (AvgIpc) is 3.32. The molecule has 1 aliphatic rings. The van der Waals surface area contributed by atoms with Crippen LogP contribution in [0.2, 0.25) is 0 Å². The summed E-state index contributed by atoms with van der Waals surface area (Å²) in [4.78, 5) is 12.9. The van der Waals surface area contributed by atoms with Crippen LogP contribution in [-0.2, 0) is 20.1 Å². The Morgan fingerprint density at radius 1 is 1.26 bits per heavy atom. The second kappa shape index (κ2) is 6.12. The summed E-state index contributed by atoms with van der Waals surface area (Å²) in [5.74, 6) is 0. The molecule has 1 aromatic heterocycles. The topological polar surface area (TPSA) is 64.2 Å². The third kappa shape index (κ3) is 3.42. The molecule has 0 unspecified atom stereocenters. The number of nitro groups is 1. The van der Waals surface area contributed by atoms with Crippen LogP contribution in [0, 0.1) is 24.0 Å². The van der Waals surface area contributed by atoms with E-state index in [-0.39, 0.29) is 10.6 Å². The van der Waals surface area contributed by atoms with Gasteiger partial charge in [-0.15, -0.1) is 0 Å². The van der Waals surface area contributed by atoms with Gasteiger partial charge < -0.3 is 0 Å². The quantitative estimate of drug-likeness (QED) is 0.607. The van der Waals surface area contributed by atoms with Crippen LogP contribution < -0.4 is 0 Å². The molecule has 1 aromatic carbocycles. The Labute approximate surface area is 135 Å². The summed E-state index contributed by atoms with van der Waals surface area (Å²) in [5, 5.41) is 15.3. The van der Waals surface area contributed by atoms with Crippen LogP contribution in [0.15, 0.2) is 24.3 Å². The minimum atomic E-state index is -0.356. The number of hydrogen-bond donors (Lipinski definition) is 0. The molecule has 6 nitrogen and oxygen atoms in total. The number of aromatic nitrogens is 2. The van der Waals surface area contributed by atoms with Crippen molar-refractivity contribution in [3.8, 4) is 0 Å². The monoisotopic (exact) mass is 314 g/mol. The molecule has 0 bridgehead atoms. The van der Waals surface area contributed by atoms with Crippen LogP contribution in [0.4, 0.5) is 5.69 Å². The molecule has 0 atom stereocenters. The van der Waals surface area contributed by atoms with E-state index < -0.39 is 0 Å². The van der Waals surface area contributed by atoms with E-state index in [9.17, 15) is 10.1 Å². The number of benzene rings is 1. The summed E-state index contributed by atoms with van der Waals surface area (Å²) in [6.07, 6.45) is 2.46. The highest BCUT2D eigenvalue weighted by Gasteiger charge is 2.30. The summed E-state index contributed by atoms with van der Waals surface area (Å²) < 4.78 is 1.93. The predicted molar refractivity (Wildman–Crippen MR) is 88.0 cm³/mol. The molecule has 1 fully saturated rings. The first-order valence-corrected chi connectivity index (χ1v) is 7.92. The molecule has 0 radical (unpaired) electrons. The average molecular weight is 314 g/mol. The lowest BCUT2D eigenvalue weighted by atomic mass is 10.1. The van der Waals surface area contributed by atoms with Gasteiger partial charge in [-0.3, -0.25) is 19.7 Å². The lowest BCUT2D eigenvalue weighted by Gasteiger charge is -2.22. The second-order valence-corrected chi connectivity index (χ2v) is 6.33. The molecule has 6 heteroatoms. The van der Waals surface area contributed by atoms with Gasteiger partial charge in [0.25, 0.3) is 5.69 Å². The van der Waals surface area contributed by atoms with E-state index in [0.29, 0.717) is 6.04 Å². The highest BCUT2D eigenvalue weighted by molar-refractivity contribution is 5.33. The molecule has 122 valence electrons. The van der Waals surface area contributed by atoms with Crippen LogP contribution in [-0.4, -0.2) is 25.6 Å². The maximum absolute atomic E-state index is 10.8. The summed E-state index contributed by atoms with van der Waals surface area (Å²) in [6.45, 7) is 5.86. The van der Waals surface area contributed by atoms with Gasteiger partial charge in [0, 0.05) is 49.6 Å². The highest BCUT2D eigenvalue weighted by atomic mass is 16.6. The van der Waals surface area contributed by atoms with Crippen molar-refractivity contribution in [1.82, 2.24) is 14.7 Å². The van der Waals surface area contributed by atoms with E-state index in [0.717, 1.165) is 24.3 Å². The zero-order valence-electron chi connectivity index (χ0n) is 13.8. The maximum Gasteiger partial charge on any atom is 0.269 e. The molecule has 0 spiro atoms. The molecular weight excluding hydrogens is 292 g/mol.